The van der Waals surface area contributed by atoms with Crippen LogP contribution in [0.1, 0.15) is 22.3 Å². The normalized spacial score (nSPS) is 11.4. The van der Waals surface area contributed by atoms with Gasteiger partial charge in [-0.2, -0.15) is 5.10 Å². The van der Waals surface area contributed by atoms with Crippen molar-refractivity contribution in [1.82, 2.24) is 5.43 Å². The molecule has 0 saturated heterocycles. The van der Waals surface area contributed by atoms with E-state index in [2.05, 4.69) is 10.5 Å². The molecule has 0 atom stereocenters. The van der Waals surface area contributed by atoms with Crippen LogP contribution in [0, 0.1) is 30.9 Å². The molecule has 3 aromatic carbocycles. The highest BCUT2D eigenvalue weighted by molar-refractivity contribution is 7.93. The zero-order valence-corrected chi connectivity index (χ0v) is 19.7. The van der Waals surface area contributed by atoms with Gasteiger partial charge in [-0.3, -0.25) is 19.2 Å². The van der Waals surface area contributed by atoms with Gasteiger partial charge in [0.15, 0.2) is 4.90 Å². The predicted octanol–water partition coefficient (Wildman–Crippen LogP) is 3.87. The molecule has 1 amide bonds. The second-order valence-corrected chi connectivity index (χ2v) is 9.42. The highest BCUT2D eigenvalue weighted by Gasteiger charge is 2.33. The van der Waals surface area contributed by atoms with E-state index >= 15 is 0 Å². The Morgan fingerprint density at radius 3 is 2.32 bits per heavy atom. The molecule has 0 aliphatic heterocycles. The van der Waals surface area contributed by atoms with Gasteiger partial charge in [0.05, 0.1) is 16.8 Å². The van der Waals surface area contributed by atoms with Gasteiger partial charge in [-0.05, 0) is 61.2 Å². The first-order valence-electron chi connectivity index (χ1n) is 10.3. The van der Waals surface area contributed by atoms with Crippen molar-refractivity contribution in [3.8, 4) is 0 Å². The molecule has 0 aromatic heterocycles. The Balaban J connectivity index is 1.89. The molecule has 3 rings (SSSR count). The van der Waals surface area contributed by atoms with Gasteiger partial charge in [-0.15, -0.1) is 0 Å². The summed E-state index contributed by atoms with van der Waals surface area (Å²) in [5.41, 5.74) is 6.03. The van der Waals surface area contributed by atoms with Crippen molar-refractivity contribution in [1.29, 1.82) is 0 Å². The third-order valence-corrected chi connectivity index (χ3v) is 7.28. The maximum absolute atomic E-state index is 13.4. The van der Waals surface area contributed by atoms with Gasteiger partial charge in [0.1, 0.15) is 6.54 Å². The number of hydrazone groups is 1. The Bertz CT molecular complexity index is 1360. The van der Waals surface area contributed by atoms with Crippen molar-refractivity contribution in [2.45, 2.75) is 25.7 Å². The molecule has 176 valence electrons. The monoisotopic (exact) mass is 480 g/mol. The second kappa shape index (κ2) is 10.3. The Labute approximate surface area is 197 Å². The van der Waals surface area contributed by atoms with Crippen molar-refractivity contribution in [3.05, 3.63) is 99.1 Å². The molecular formula is C24H24N4O5S. The molecule has 34 heavy (non-hydrogen) atoms. The van der Waals surface area contributed by atoms with Gasteiger partial charge in [0, 0.05) is 6.07 Å². The van der Waals surface area contributed by atoms with Gasteiger partial charge in [0.25, 0.3) is 21.6 Å². The number of anilines is 1. The summed E-state index contributed by atoms with van der Waals surface area (Å²) < 4.78 is 27.6. The smallest absolute Gasteiger partial charge is 0.271 e. The van der Waals surface area contributed by atoms with E-state index in [-0.39, 0.29) is 5.69 Å². The maximum atomic E-state index is 13.4. The van der Waals surface area contributed by atoms with Gasteiger partial charge in [-0.25, -0.2) is 13.8 Å². The molecule has 0 aliphatic rings. The fraction of sp³-hybridized carbons (Fsp3) is 0.167. The first-order valence-corrected chi connectivity index (χ1v) is 11.8. The average Bonchev–Trinajstić information content (AvgIpc) is 2.83. The summed E-state index contributed by atoms with van der Waals surface area (Å²) in [6.45, 7) is 5.32. The highest BCUT2D eigenvalue weighted by atomic mass is 32.2. The van der Waals surface area contributed by atoms with Gasteiger partial charge >= 0.3 is 0 Å². The van der Waals surface area contributed by atoms with E-state index in [1.165, 1.54) is 30.5 Å². The minimum atomic E-state index is -4.44. The van der Waals surface area contributed by atoms with E-state index in [1.807, 2.05) is 32.9 Å². The number of benzene rings is 3. The Kier molecular flexibility index (Phi) is 7.42. The standard InChI is InChI=1S/C24H24N4O5S/c1-17-13-14-20(19(3)18(17)2)15-25-26-24(29)16-27(21-9-5-4-6-10-21)34(32,33)23-12-8-7-11-22(23)28(30)31/h4-15H,16H2,1-3H3,(H,26,29)/b25-15-. The number of aryl methyl sites for hydroxylation is 1. The van der Waals surface area contributed by atoms with Crippen LogP contribution in [0.25, 0.3) is 0 Å². The molecule has 0 spiro atoms. The minimum absolute atomic E-state index is 0.185. The number of amides is 1. The Morgan fingerprint density at radius 1 is 1.00 bits per heavy atom. The Hall–Kier alpha value is -4.05. The van der Waals surface area contributed by atoms with Crippen LogP contribution in [-0.4, -0.2) is 32.0 Å². The lowest BCUT2D eigenvalue weighted by Crippen LogP contribution is -2.39. The summed E-state index contributed by atoms with van der Waals surface area (Å²) in [6, 6.07) is 16.7. The molecule has 0 aliphatic carbocycles. The number of carbonyl (C=O) groups excluding carboxylic acids is 1. The summed E-state index contributed by atoms with van der Waals surface area (Å²) >= 11 is 0. The van der Waals surface area contributed by atoms with Crippen LogP contribution in [0.15, 0.2) is 76.7 Å². The first-order chi connectivity index (χ1) is 16.1. The molecule has 0 bridgehead atoms. The lowest BCUT2D eigenvalue weighted by atomic mass is 10.00. The number of carbonyl (C=O) groups is 1. The van der Waals surface area contributed by atoms with Crippen LogP contribution in [0.2, 0.25) is 0 Å². The van der Waals surface area contributed by atoms with Crippen LogP contribution in [0.4, 0.5) is 11.4 Å². The number of nitro groups is 1. The first kappa shape index (κ1) is 24.6. The van der Waals surface area contributed by atoms with E-state index in [0.29, 0.717) is 0 Å². The third kappa shape index (κ3) is 5.29. The summed E-state index contributed by atoms with van der Waals surface area (Å²) in [5.74, 6) is -0.705. The number of sulfonamides is 1. The molecular weight excluding hydrogens is 456 g/mol. The average molecular weight is 481 g/mol. The molecule has 0 radical (unpaired) electrons. The summed E-state index contributed by atoms with van der Waals surface area (Å²) in [6.07, 6.45) is 1.49. The van der Waals surface area contributed by atoms with E-state index in [4.69, 9.17) is 0 Å². The van der Waals surface area contributed by atoms with Gasteiger partial charge in [0.2, 0.25) is 0 Å². The molecule has 0 heterocycles. The zero-order valence-electron chi connectivity index (χ0n) is 18.9. The maximum Gasteiger partial charge on any atom is 0.289 e. The van der Waals surface area contributed by atoms with Crippen LogP contribution >= 0.6 is 0 Å². The predicted molar refractivity (Wildman–Crippen MR) is 130 cm³/mol. The van der Waals surface area contributed by atoms with Crippen molar-refractivity contribution in [3.63, 3.8) is 0 Å². The molecule has 10 heteroatoms. The van der Waals surface area contributed by atoms with Crippen molar-refractivity contribution >= 4 is 33.5 Å². The fourth-order valence-electron chi connectivity index (χ4n) is 3.31. The largest absolute Gasteiger partial charge is 0.289 e. The van der Waals surface area contributed by atoms with E-state index in [0.717, 1.165) is 38.7 Å². The van der Waals surface area contributed by atoms with Crippen molar-refractivity contribution < 1.29 is 18.1 Å². The van der Waals surface area contributed by atoms with E-state index in [9.17, 15) is 23.3 Å². The number of nitrogens with one attached hydrogen (secondary N) is 1. The van der Waals surface area contributed by atoms with Crippen molar-refractivity contribution in [2.24, 2.45) is 5.10 Å². The van der Waals surface area contributed by atoms with Gasteiger partial charge < -0.3 is 0 Å². The summed E-state index contributed by atoms with van der Waals surface area (Å²) in [4.78, 5) is 22.8. The Morgan fingerprint density at radius 2 is 1.65 bits per heavy atom. The van der Waals surface area contributed by atoms with Crippen molar-refractivity contribution in [2.75, 3.05) is 10.8 Å². The lowest BCUT2D eigenvalue weighted by molar-refractivity contribution is -0.387. The molecule has 1 N–H and O–H groups in total. The van der Waals surface area contributed by atoms with Crippen LogP contribution < -0.4 is 9.73 Å². The quantitative estimate of drug-likeness (QED) is 0.298. The number of rotatable bonds is 8. The number of para-hydroxylation sites is 2. The number of hydrogen-bond donors (Lipinski definition) is 1. The number of hydrogen-bond acceptors (Lipinski definition) is 6. The van der Waals surface area contributed by atoms with E-state index < -0.39 is 38.0 Å². The SMILES string of the molecule is Cc1ccc(/C=N\NC(=O)CN(c2ccccc2)S(=O)(=O)c2ccccc2[N+](=O)[O-])c(C)c1C. The fourth-order valence-corrected chi connectivity index (χ4v) is 4.89. The molecule has 9 nitrogen and oxygen atoms in total. The number of nitro benzene ring substituents is 1. The summed E-state index contributed by atoms with van der Waals surface area (Å²) in [7, 11) is -4.44. The molecule has 0 unspecified atom stereocenters. The second-order valence-electron chi connectivity index (χ2n) is 7.59. The lowest BCUT2D eigenvalue weighted by Gasteiger charge is -2.23. The van der Waals surface area contributed by atoms with E-state index in [1.54, 1.807) is 18.2 Å². The van der Waals surface area contributed by atoms with Crippen LogP contribution in [0.5, 0.6) is 0 Å². The van der Waals surface area contributed by atoms with Crippen LogP contribution in [0.3, 0.4) is 0 Å². The summed E-state index contributed by atoms with van der Waals surface area (Å²) in [5, 5.41) is 15.4. The van der Waals surface area contributed by atoms with Gasteiger partial charge in [-0.1, -0.05) is 42.5 Å². The molecule has 0 saturated carbocycles. The zero-order chi connectivity index (χ0) is 24.9. The minimum Gasteiger partial charge on any atom is -0.271 e. The number of nitrogens with zero attached hydrogens (tertiary/aromatic N) is 3. The third-order valence-electron chi connectivity index (χ3n) is 5.45. The molecule has 3 aromatic rings. The highest BCUT2D eigenvalue weighted by Crippen LogP contribution is 2.29. The van der Waals surface area contributed by atoms with Crippen LogP contribution in [-0.2, 0) is 14.8 Å². The molecule has 0 fully saturated rings. The topological polar surface area (TPSA) is 122 Å².